The Balaban J connectivity index is 1.29. The molecule has 1 aliphatic heterocycles. The average molecular weight is 633 g/mol. The van der Waals surface area contributed by atoms with Gasteiger partial charge in [0, 0.05) is 24.8 Å². The van der Waals surface area contributed by atoms with Crippen LogP contribution in [-0.2, 0) is 17.6 Å². The normalized spacial score (nSPS) is 18.7. The molecule has 5 rings (SSSR count). The van der Waals surface area contributed by atoms with E-state index in [1.807, 2.05) is 24.3 Å². The molecule has 0 radical (unpaired) electrons. The van der Waals surface area contributed by atoms with Gasteiger partial charge >= 0.3 is 0 Å². The number of carbonyl (C=O) groups is 1. The molecule has 0 amide bonds. The van der Waals surface area contributed by atoms with Gasteiger partial charge in [0.05, 0.1) is 6.10 Å². The number of ketones is 1. The van der Waals surface area contributed by atoms with Crippen LogP contribution >= 0.6 is 0 Å². The van der Waals surface area contributed by atoms with Gasteiger partial charge in [0.15, 0.2) is 23.0 Å². The fraction of sp³-hybridized carbons (Fsp3) is 0.486. The Morgan fingerprint density at radius 2 is 1.74 bits per heavy atom. The summed E-state index contributed by atoms with van der Waals surface area (Å²) in [5, 5.41) is 46.3. The molecule has 2 fully saturated rings. The number of hydrogen-bond donors (Lipinski definition) is 6. The number of rotatable bonds is 15. The van der Waals surface area contributed by atoms with Crippen LogP contribution in [0.3, 0.4) is 0 Å². The monoisotopic (exact) mass is 632 g/mol. The number of hydrogen-bond acceptors (Lipinski definition) is 9. The molecule has 0 unspecified atom stereocenters. The van der Waals surface area contributed by atoms with Crippen LogP contribution in [0.5, 0.6) is 28.7 Å². The van der Waals surface area contributed by atoms with Crippen molar-refractivity contribution in [2.24, 2.45) is 11.1 Å². The number of Topliss-reactive ketones (excluding diaryl/α,β-unsaturated/α-hetero) is 1. The third-order valence-electron chi connectivity index (χ3n) is 9.76. The van der Waals surface area contributed by atoms with Gasteiger partial charge in [-0.1, -0.05) is 49.2 Å². The highest BCUT2D eigenvalue weighted by Gasteiger charge is 2.44. The molecule has 1 aliphatic carbocycles. The predicted octanol–water partition coefficient (Wildman–Crippen LogP) is 5.46. The van der Waals surface area contributed by atoms with Crippen LogP contribution in [0.1, 0.15) is 80.4 Å². The first kappa shape index (κ1) is 33.6. The van der Waals surface area contributed by atoms with E-state index in [-0.39, 0.29) is 71.5 Å². The van der Waals surface area contributed by atoms with Gasteiger partial charge in [0.25, 0.3) is 0 Å². The van der Waals surface area contributed by atoms with Gasteiger partial charge in [-0.05, 0) is 98.4 Å². The van der Waals surface area contributed by atoms with Crippen LogP contribution < -0.4 is 20.5 Å². The number of phenols is 3. The van der Waals surface area contributed by atoms with Crippen LogP contribution in [0.4, 0.5) is 0 Å². The number of aliphatic hydroxyl groups excluding tert-OH is 1. The second-order valence-electron chi connectivity index (χ2n) is 13.0. The van der Waals surface area contributed by atoms with Crippen molar-refractivity contribution in [1.82, 2.24) is 5.32 Å². The van der Waals surface area contributed by atoms with E-state index in [1.165, 1.54) is 6.07 Å². The lowest BCUT2D eigenvalue weighted by Crippen LogP contribution is -2.50. The highest BCUT2D eigenvalue weighted by atomic mass is 16.5. The van der Waals surface area contributed by atoms with E-state index in [0.29, 0.717) is 19.3 Å². The molecule has 2 aliphatic rings. The lowest BCUT2D eigenvalue weighted by molar-refractivity contribution is -0.121. The largest absolute Gasteiger partial charge is 0.504 e. The Hall–Kier alpha value is -3.79. The molecule has 9 nitrogen and oxygen atoms in total. The van der Waals surface area contributed by atoms with Gasteiger partial charge in [-0.15, -0.1) is 0 Å². The van der Waals surface area contributed by atoms with Gasteiger partial charge in [-0.3, -0.25) is 10.5 Å². The van der Waals surface area contributed by atoms with Crippen molar-refractivity contribution in [3.8, 4) is 28.7 Å². The zero-order chi connectivity index (χ0) is 32.5. The second kappa shape index (κ2) is 15.7. The summed E-state index contributed by atoms with van der Waals surface area (Å²) in [6.07, 6.45) is 6.75. The fourth-order valence-corrected chi connectivity index (χ4v) is 7.23. The van der Waals surface area contributed by atoms with Crippen LogP contribution in [0.25, 0.3) is 0 Å². The number of phenolic OH excluding ortho intramolecular Hbond substituents is 3. The van der Waals surface area contributed by atoms with Crippen molar-refractivity contribution in [2.75, 3.05) is 19.8 Å². The SMILES string of the molecule is NCOc1cc(CCC(=O)C[C@H](O)C[C@H](CCc2ccccc2)c2cc(O)c(O)c(O[C@@H]3CCNCC34CCCC4)c2)ccc1O. The third kappa shape index (κ3) is 8.51. The topological polar surface area (TPSA) is 154 Å². The Labute approximate surface area is 271 Å². The number of aliphatic hydroxyl groups is 1. The molecule has 3 atom stereocenters. The minimum absolute atomic E-state index is 0.00288. The second-order valence-corrected chi connectivity index (χ2v) is 13.0. The molecule has 1 heterocycles. The van der Waals surface area contributed by atoms with Gasteiger partial charge in [-0.25, -0.2) is 0 Å². The number of nitrogens with two attached hydrogens (primary N) is 1. The molecule has 1 saturated heterocycles. The quantitative estimate of drug-likeness (QED) is 0.0947. The van der Waals surface area contributed by atoms with Gasteiger partial charge in [0.2, 0.25) is 5.75 Å². The molecule has 9 heteroatoms. The minimum Gasteiger partial charge on any atom is -0.504 e. The smallest absolute Gasteiger partial charge is 0.200 e. The maximum absolute atomic E-state index is 12.9. The summed E-state index contributed by atoms with van der Waals surface area (Å²) in [6, 6.07) is 18.4. The van der Waals surface area contributed by atoms with E-state index in [2.05, 4.69) is 17.4 Å². The first-order chi connectivity index (χ1) is 22.3. The van der Waals surface area contributed by atoms with E-state index in [0.717, 1.165) is 68.3 Å². The molecule has 46 heavy (non-hydrogen) atoms. The highest BCUT2D eigenvalue weighted by molar-refractivity contribution is 5.79. The van der Waals surface area contributed by atoms with Gasteiger partial charge in [-0.2, -0.15) is 0 Å². The Bertz CT molecular complexity index is 1440. The predicted molar refractivity (Wildman–Crippen MR) is 176 cm³/mol. The van der Waals surface area contributed by atoms with Crippen molar-refractivity contribution in [2.45, 2.75) is 88.8 Å². The molecule has 3 aromatic carbocycles. The number of carbonyl (C=O) groups excluding carboxylic acids is 1. The lowest BCUT2D eigenvalue weighted by Gasteiger charge is -2.41. The summed E-state index contributed by atoms with van der Waals surface area (Å²) < 4.78 is 11.8. The van der Waals surface area contributed by atoms with Crippen molar-refractivity contribution < 1.29 is 34.7 Å². The van der Waals surface area contributed by atoms with Crippen molar-refractivity contribution in [3.63, 3.8) is 0 Å². The number of nitrogens with one attached hydrogen (secondary N) is 1. The Kier molecular flexibility index (Phi) is 11.4. The zero-order valence-electron chi connectivity index (χ0n) is 26.5. The summed E-state index contributed by atoms with van der Waals surface area (Å²) in [6.45, 7) is 1.66. The summed E-state index contributed by atoms with van der Waals surface area (Å²) in [4.78, 5) is 12.9. The van der Waals surface area contributed by atoms with E-state index >= 15 is 0 Å². The summed E-state index contributed by atoms with van der Waals surface area (Å²) in [7, 11) is 0. The average Bonchev–Trinajstić information content (AvgIpc) is 3.52. The maximum atomic E-state index is 12.9. The maximum Gasteiger partial charge on any atom is 0.200 e. The van der Waals surface area contributed by atoms with E-state index in [1.54, 1.807) is 18.2 Å². The van der Waals surface area contributed by atoms with Crippen molar-refractivity contribution in [3.05, 3.63) is 77.4 Å². The Morgan fingerprint density at radius 3 is 2.50 bits per heavy atom. The van der Waals surface area contributed by atoms with Gasteiger partial charge < -0.3 is 35.2 Å². The number of benzene rings is 3. The molecule has 1 spiro atoms. The summed E-state index contributed by atoms with van der Waals surface area (Å²) in [5.41, 5.74) is 8.20. The molecule has 3 aromatic rings. The number of aryl methyl sites for hydroxylation is 2. The molecular formula is C37H48N2O7. The number of ether oxygens (including phenoxy) is 2. The zero-order valence-corrected chi connectivity index (χ0v) is 26.5. The first-order valence-electron chi connectivity index (χ1n) is 16.6. The molecule has 248 valence electrons. The number of piperidine rings is 1. The summed E-state index contributed by atoms with van der Waals surface area (Å²) >= 11 is 0. The summed E-state index contributed by atoms with van der Waals surface area (Å²) in [5.74, 6) is -0.248. The van der Waals surface area contributed by atoms with Crippen LogP contribution in [0, 0.1) is 5.41 Å². The molecule has 0 bridgehead atoms. The van der Waals surface area contributed by atoms with E-state index < -0.39 is 6.10 Å². The number of aromatic hydroxyl groups is 3. The van der Waals surface area contributed by atoms with Crippen LogP contribution in [0.2, 0.25) is 0 Å². The third-order valence-corrected chi connectivity index (χ3v) is 9.76. The highest BCUT2D eigenvalue weighted by Crippen LogP contribution is 2.47. The Morgan fingerprint density at radius 1 is 0.957 bits per heavy atom. The lowest BCUT2D eigenvalue weighted by atomic mass is 9.76. The standard InChI is InChI=1S/C37H48N2O7/c38-24-45-33-18-26(10-13-31(33)42)9-12-29(40)22-30(41)19-27(11-8-25-6-2-1-3-7-25)28-20-32(43)36(44)34(21-28)46-35-14-17-39-23-37(35)15-4-5-16-37/h1-3,6-7,10,13,18,20-21,27,30,35,39,41-44H,4-5,8-9,11-12,14-17,19,22-24,38H2/t27-,30+,35+/m0/s1. The molecule has 1 saturated carbocycles. The van der Waals surface area contributed by atoms with Gasteiger partial charge in [0.1, 0.15) is 18.6 Å². The fourth-order valence-electron chi connectivity index (χ4n) is 7.23. The first-order valence-corrected chi connectivity index (χ1v) is 16.6. The minimum atomic E-state index is -0.893. The molecular weight excluding hydrogens is 584 g/mol. The molecule has 0 aromatic heterocycles. The van der Waals surface area contributed by atoms with Crippen LogP contribution in [0.15, 0.2) is 60.7 Å². The van der Waals surface area contributed by atoms with E-state index in [4.69, 9.17) is 15.2 Å². The molecule has 7 N–H and O–H groups in total. The van der Waals surface area contributed by atoms with Crippen molar-refractivity contribution >= 4 is 5.78 Å². The van der Waals surface area contributed by atoms with Crippen LogP contribution in [-0.4, -0.2) is 58.2 Å². The van der Waals surface area contributed by atoms with Crippen molar-refractivity contribution in [1.29, 1.82) is 0 Å². The van der Waals surface area contributed by atoms with E-state index in [9.17, 15) is 25.2 Å².